The molecule has 0 N–H and O–H groups in total. The van der Waals surface area contributed by atoms with Gasteiger partial charge in [0.2, 0.25) is 0 Å². The van der Waals surface area contributed by atoms with Crippen molar-refractivity contribution in [2.24, 2.45) is 0 Å². The van der Waals surface area contributed by atoms with Crippen LogP contribution >= 0.6 is 68.0 Å². The summed E-state index contributed by atoms with van der Waals surface area (Å²) in [5, 5.41) is 5.68. The van der Waals surface area contributed by atoms with E-state index in [1.54, 1.807) is 32.0 Å². The van der Waals surface area contributed by atoms with Crippen LogP contribution in [0, 0.1) is 13.8 Å². The van der Waals surface area contributed by atoms with Gasteiger partial charge in [-0.05, 0) is 135 Å². The molecule has 0 fully saturated rings. The summed E-state index contributed by atoms with van der Waals surface area (Å²) in [6.07, 6.45) is 60.4. The fourth-order valence-corrected chi connectivity index (χ4v) is 21.1. The van der Waals surface area contributed by atoms with E-state index >= 15 is 0 Å². The van der Waals surface area contributed by atoms with Crippen molar-refractivity contribution in [2.75, 3.05) is 0 Å². The van der Waals surface area contributed by atoms with Crippen LogP contribution in [0.2, 0.25) is 0 Å². The number of unbranched alkanes of at least 4 members (excludes halogenated alkanes) is 36. The Morgan fingerprint density at radius 3 is 0.744 bits per heavy atom. The summed E-state index contributed by atoms with van der Waals surface area (Å²) in [6.45, 7) is 14.0. The zero-order chi connectivity index (χ0) is 60.0. The van der Waals surface area contributed by atoms with Gasteiger partial charge in [0, 0.05) is 68.9 Å². The summed E-state index contributed by atoms with van der Waals surface area (Å²) in [4.78, 5) is 15.1. The predicted molar refractivity (Wildman–Crippen MR) is 400 cm³/mol. The maximum absolute atomic E-state index is 2.65. The van der Waals surface area contributed by atoms with E-state index < -0.39 is 0 Å². The number of rotatable bonds is 48. The van der Waals surface area contributed by atoms with Gasteiger partial charge in [0.1, 0.15) is 0 Å². The summed E-state index contributed by atoms with van der Waals surface area (Å²) in [5.41, 5.74) is 6.38. The zero-order valence-corrected chi connectivity index (χ0v) is 60.2. The first kappa shape index (κ1) is 69.3. The van der Waals surface area contributed by atoms with Gasteiger partial charge in [-0.25, -0.2) is 0 Å². The molecule has 0 amide bonds. The van der Waals surface area contributed by atoms with Crippen LogP contribution in [0.5, 0.6) is 0 Å². The third-order valence-corrected chi connectivity index (χ3v) is 26.4. The maximum Gasteiger partial charge on any atom is 0.0481 e. The Labute approximate surface area is 550 Å². The van der Waals surface area contributed by atoms with E-state index in [1.807, 2.05) is 0 Å². The average molecular weight is 1270 g/mol. The lowest BCUT2D eigenvalue weighted by Gasteiger charge is -2.04. The molecular weight excluding hydrogens is 1150 g/mol. The normalized spacial score (nSPS) is 12.0. The van der Waals surface area contributed by atoms with Gasteiger partial charge in [0.15, 0.2) is 0 Å². The van der Waals surface area contributed by atoms with Crippen LogP contribution in [0.1, 0.15) is 317 Å². The second kappa shape index (κ2) is 39.6. The van der Waals surface area contributed by atoms with Gasteiger partial charge < -0.3 is 0 Å². The van der Waals surface area contributed by atoms with E-state index in [9.17, 15) is 0 Å². The zero-order valence-electron chi connectivity index (χ0n) is 55.3. The molecule has 8 aromatic rings. The van der Waals surface area contributed by atoms with Crippen molar-refractivity contribution < 1.29 is 0 Å². The molecule has 0 bridgehead atoms. The molecule has 0 saturated heterocycles. The van der Waals surface area contributed by atoms with Crippen LogP contribution in [0.4, 0.5) is 0 Å². The number of hydrogen-bond donors (Lipinski definition) is 0. The molecule has 0 spiro atoms. The minimum absolute atomic E-state index is 1.19. The van der Waals surface area contributed by atoms with E-state index in [0.717, 1.165) is 0 Å². The Hall–Kier alpha value is -2.58. The molecular formula is C80H116S6. The van der Waals surface area contributed by atoms with E-state index in [1.165, 1.54) is 352 Å². The van der Waals surface area contributed by atoms with Gasteiger partial charge >= 0.3 is 0 Å². The monoisotopic (exact) mass is 1270 g/mol. The third-order valence-electron chi connectivity index (χ3n) is 18.7. The number of benzene rings is 2. The molecule has 0 radical (unpaired) electrons. The van der Waals surface area contributed by atoms with E-state index in [2.05, 4.69) is 170 Å². The van der Waals surface area contributed by atoms with Crippen LogP contribution in [-0.4, -0.2) is 0 Å². The first-order chi connectivity index (χ1) is 42.4. The van der Waals surface area contributed by atoms with Crippen molar-refractivity contribution in [1.29, 1.82) is 0 Å². The molecule has 0 atom stereocenters. The molecule has 6 aromatic heterocycles. The van der Waals surface area contributed by atoms with Gasteiger partial charge in [-0.15, -0.1) is 68.0 Å². The standard InChI is InChI=1S/C80H116S6/c1-7-11-15-19-23-27-31-35-39-43-47-63-55-61(5)81-77(63)71-57-65(49-45-41-37-33-29-25-21-17-13-9-3)79(85-71)73-59-67-51-53-70-69(75(67)83-73)54-52-68-60-74(84-76(68)70)80-66(50-46-42-38-34-30-26-22-18-14-10-4)58-72(86-80)78-64(56-62(6)82-78)48-44-40-36-32-28-24-20-16-12-8-2/h51-60H,7-50H2,1-6H3. The van der Waals surface area contributed by atoms with Gasteiger partial charge in [-0.3, -0.25) is 0 Å². The van der Waals surface area contributed by atoms with Crippen molar-refractivity contribution in [3.05, 3.63) is 92.7 Å². The molecule has 0 unspecified atom stereocenters. The number of hydrogen-bond acceptors (Lipinski definition) is 6. The SMILES string of the molecule is CCCCCCCCCCCCc1cc(C)sc1-c1cc(CCCCCCCCCCCC)c(-c2cc3ccc4c(ccc5cc(-c6sc(-c7sc(C)cc7CCCCCCCCCCCC)cc6CCCCCCCCCCCC)sc54)c3s2)s1. The quantitative estimate of drug-likeness (QED) is 0.0334. The summed E-state index contributed by atoms with van der Waals surface area (Å²) in [7, 11) is 0. The van der Waals surface area contributed by atoms with Crippen molar-refractivity contribution in [3.63, 3.8) is 0 Å². The topological polar surface area (TPSA) is 0 Å². The maximum atomic E-state index is 2.65. The van der Waals surface area contributed by atoms with Crippen molar-refractivity contribution in [1.82, 2.24) is 0 Å². The fraction of sp³-hybridized carbons (Fsp3) is 0.625. The highest BCUT2D eigenvalue weighted by Gasteiger charge is 2.22. The van der Waals surface area contributed by atoms with Gasteiger partial charge in [-0.2, -0.15) is 0 Å². The highest BCUT2D eigenvalue weighted by Crippen LogP contribution is 2.51. The van der Waals surface area contributed by atoms with E-state index in [0.29, 0.717) is 0 Å². The highest BCUT2D eigenvalue weighted by atomic mass is 32.1. The Bertz CT molecular complexity index is 2910. The predicted octanol–water partition coefficient (Wildman–Crippen LogP) is 30.7. The molecule has 6 heteroatoms. The Morgan fingerprint density at radius 2 is 0.465 bits per heavy atom. The van der Waals surface area contributed by atoms with Crippen LogP contribution < -0.4 is 0 Å². The lowest BCUT2D eigenvalue weighted by atomic mass is 10.0. The van der Waals surface area contributed by atoms with E-state index in [4.69, 9.17) is 0 Å². The molecule has 86 heavy (non-hydrogen) atoms. The first-order valence-corrected chi connectivity index (χ1v) is 41.1. The van der Waals surface area contributed by atoms with Gasteiger partial charge in [-0.1, -0.05) is 283 Å². The van der Waals surface area contributed by atoms with Crippen molar-refractivity contribution in [2.45, 2.75) is 324 Å². The average Bonchev–Trinajstić information content (AvgIpc) is 1.71. The minimum Gasteiger partial charge on any atom is -0.139 e. The van der Waals surface area contributed by atoms with Gasteiger partial charge in [0.25, 0.3) is 0 Å². The Morgan fingerprint density at radius 1 is 0.233 bits per heavy atom. The molecule has 8 rings (SSSR count). The number of aryl methyl sites for hydroxylation is 6. The molecule has 0 saturated carbocycles. The van der Waals surface area contributed by atoms with Crippen molar-refractivity contribution >= 4 is 99.0 Å². The minimum atomic E-state index is 1.19. The highest BCUT2D eigenvalue weighted by molar-refractivity contribution is 7.30. The van der Waals surface area contributed by atoms with Crippen LogP contribution in [-0.2, 0) is 25.7 Å². The second-order valence-electron chi connectivity index (χ2n) is 26.4. The summed E-state index contributed by atoms with van der Waals surface area (Å²) >= 11 is 12.5. The molecule has 0 aliphatic carbocycles. The summed E-state index contributed by atoms with van der Waals surface area (Å²) in [5.74, 6) is 0. The second-order valence-corrected chi connectivity index (χ2v) is 33.1. The molecule has 0 aliphatic heterocycles. The molecule has 0 aliphatic rings. The van der Waals surface area contributed by atoms with E-state index in [-0.39, 0.29) is 0 Å². The van der Waals surface area contributed by atoms with Gasteiger partial charge in [0.05, 0.1) is 0 Å². The first-order valence-electron chi connectivity index (χ1n) is 36.2. The lowest BCUT2D eigenvalue weighted by molar-refractivity contribution is 0.556. The fourth-order valence-electron chi connectivity index (χ4n) is 13.6. The summed E-state index contributed by atoms with van der Waals surface area (Å²) in [6, 6.07) is 25.4. The van der Waals surface area contributed by atoms with Crippen molar-refractivity contribution in [3.8, 4) is 39.0 Å². The Kier molecular flexibility index (Phi) is 31.9. The number of fused-ring (bicyclic) bond motifs is 5. The van der Waals surface area contributed by atoms with Crippen LogP contribution in [0.15, 0.2) is 60.7 Å². The molecule has 2 aromatic carbocycles. The smallest absolute Gasteiger partial charge is 0.0481 e. The molecule has 0 nitrogen and oxygen atoms in total. The third kappa shape index (κ3) is 21.8. The van der Waals surface area contributed by atoms with Crippen LogP contribution in [0.3, 0.4) is 0 Å². The lowest BCUT2D eigenvalue weighted by Crippen LogP contribution is -1.87. The Balaban J connectivity index is 1.02. The molecule has 6 heterocycles. The molecule has 472 valence electrons. The summed E-state index contributed by atoms with van der Waals surface area (Å²) < 4.78 is 2.93. The number of thiophene rings is 6. The van der Waals surface area contributed by atoms with Crippen LogP contribution in [0.25, 0.3) is 70.0 Å². The largest absolute Gasteiger partial charge is 0.139 e.